The van der Waals surface area contributed by atoms with Crippen LogP contribution in [0.25, 0.3) is 0 Å². The Balaban J connectivity index is 1.79. The minimum absolute atomic E-state index is 0.243. The highest BCUT2D eigenvalue weighted by Crippen LogP contribution is 2.26. The Morgan fingerprint density at radius 2 is 1.73 bits per heavy atom. The third kappa shape index (κ3) is 7.69. The van der Waals surface area contributed by atoms with Gasteiger partial charge in [-0.1, -0.05) is 30.3 Å². The first-order valence-electron chi connectivity index (χ1n) is 12.4. The lowest BCUT2D eigenvalue weighted by Crippen LogP contribution is -2.40. The zero-order valence-electron chi connectivity index (χ0n) is 21.7. The van der Waals surface area contributed by atoms with Crippen molar-refractivity contribution in [2.24, 2.45) is 5.92 Å². The molecule has 2 atom stereocenters. The number of ether oxygens (including phenoxy) is 1. The molecule has 2 aromatic carbocycles. The molecule has 2 aromatic rings. The van der Waals surface area contributed by atoms with Crippen molar-refractivity contribution in [1.29, 1.82) is 0 Å². The fourth-order valence-electron chi connectivity index (χ4n) is 4.44. The number of nitro benzene ring substituents is 1. The molecule has 1 aliphatic rings. The molecular formula is C27H34N2O7S. The zero-order valence-corrected chi connectivity index (χ0v) is 22.5. The Bertz CT molecular complexity index is 1280. The van der Waals surface area contributed by atoms with Crippen LogP contribution in [-0.4, -0.2) is 36.7 Å². The maximum Gasteiger partial charge on any atom is 0.310 e. The molecule has 0 aliphatic heterocycles. The van der Waals surface area contributed by atoms with Crippen molar-refractivity contribution in [3.63, 3.8) is 0 Å². The van der Waals surface area contributed by atoms with Crippen LogP contribution in [0.3, 0.4) is 0 Å². The molecule has 9 nitrogen and oxygen atoms in total. The van der Waals surface area contributed by atoms with Gasteiger partial charge in [0.15, 0.2) is 10.7 Å². The number of aryl methyl sites for hydroxylation is 2. The molecule has 1 aliphatic carbocycles. The first-order valence-corrected chi connectivity index (χ1v) is 13.9. The highest BCUT2D eigenvalue weighted by atomic mass is 32.2. The first kappa shape index (κ1) is 28.5. The number of rotatable bonds is 10. The van der Waals surface area contributed by atoms with Gasteiger partial charge in [0, 0.05) is 12.5 Å². The van der Waals surface area contributed by atoms with Gasteiger partial charge in [0.25, 0.3) is 5.69 Å². The van der Waals surface area contributed by atoms with E-state index in [0.717, 1.165) is 43.4 Å². The van der Waals surface area contributed by atoms with E-state index in [1.54, 1.807) is 20.8 Å². The van der Waals surface area contributed by atoms with Gasteiger partial charge in [0.05, 0.1) is 16.9 Å². The third-order valence-electron chi connectivity index (χ3n) is 6.25. The lowest BCUT2D eigenvalue weighted by Gasteiger charge is -2.25. The van der Waals surface area contributed by atoms with Crippen molar-refractivity contribution in [1.82, 2.24) is 4.72 Å². The van der Waals surface area contributed by atoms with Crippen LogP contribution < -0.4 is 4.72 Å². The SMILES string of the molecule is C[C@H](NS(=O)(=O)c1ccccc1[N+](=O)[O-])C(=O)C[C@@H](Cc1ccc2c(c1)CCCC2)C(=O)OC(C)(C)C. The topological polar surface area (TPSA) is 133 Å². The van der Waals surface area contributed by atoms with E-state index in [0.29, 0.717) is 0 Å². The molecule has 0 bridgehead atoms. The fraction of sp³-hybridized carbons (Fsp3) is 0.481. The highest BCUT2D eigenvalue weighted by molar-refractivity contribution is 7.89. The van der Waals surface area contributed by atoms with Crippen LogP contribution in [0, 0.1) is 16.0 Å². The van der Waals surface area contributed by atoms with Gasteiger partial charge < -0.3 is 4.74 Å². The Morgan fingerprint density at radius 1 is 1.08 bits per heavy atom. The highest BCUT2D eigenvalue weighted by Gasteiger charge is 2.32. The van der Waals surface area contributed by atoms with Crippen molar-refractivity contribution in [2.45, 2.75) is 82.8 Å². The molecule has 0 fully saturated rings. The van der Waals surface area contributed by atoms with E-state index in [-0.39, 0.29) is 12.8 Å². The average Bonchev–Trinajstić information content (AvgIpc) is 2.82. The molecule has 0 heterocycles. The summed E-state index contributed by atoms with van der Waals surface area (Å²) in [6.45, 7) is 6.59. The van der Waals surface area contributed by atoms with E-state index in [2.05, 4.69) is 16.9 Å². The van der Waals surface area contributed by atoms with Crippen LogP contribution in [-0.2, 0) is 43.6 Å². The molecule has 37 heavy (non-hydrogen) atoms. The summed E-state index contributed by atoms with van der Waals surface area (Å²) in [4.78, 5) is 36.1. The number of sulfonamides is 1. The normalized spacial score (nSPS) is 15.4. The molecule has 0 spiro atoms. The van der Waals surface area contributed by atoms with Gasteiger partial charge >= 0.3 is 5.97 Å². The maximum atomic E-state index is 13.1. The summed E-state index contributed by atoms with van der Waals surface area (Å²) >= 11 is 0. The molecular weight excluding hydrogens is 496 g/mol. The molecule has 200 valence electrons. The molecule has 10 heteroatoms. The summed E-state index contributed by atoms with van der Waals surface area (Å²) < 4.78 is 33.5. The van der Waals surface area contributed by atoms with E-state index in [9.17, 15) is 28.1 Å². The second-order valence-electron chi connectivity index (χ2n) is 10.5. The quantitative estimate of drug-likeness (QED) is 0.275. The standard InChI is InChI=1S/C27H34N2O7S/c1-18(28-37(34,35)25-12-8-7-11-23(25)29(32)33)24(30)17-22(26(31)36-27(2,3)4)16-19-13-14-20-9-5-6-10-21(20)15-19/h7-8,11-15,18,22,28H,5-6,9-10,16-17H2,1-4H3/t18-,22+/m0/s1. The van der Waals surface area contributed by atoms with Gasteiger partial charge in [-0.2, -0.15) is 0 Å². The number of nitrogens with one attached hydrogen (secondary N) is 1. The number of nitrogens with zero attached hydrogens (tertiary/aromatic N) is 1. The number of Topliss-reactive ketones (excluding diaryl/α,β-unsaturated/α-hetero) is 1. The van der Waals surface area contributed by atoms with Crippen LogP contribution in [0.5, 0.6) is 0 Å². The van der Waals surface area contributed by atoms with E-state index >= 15 is 0 Å². The van der Waals surface area contributed by atoms with Crippen molar-refractivity contribution in [3.05, 3.63) is 69.3 Å². The maximum absolute atomic E-state index is 13.1. The lowest BCUT2D eigenvalue weighted by atomic mass is 9.87. The van der Waals surface area contributed by atoms with Gasteiger partial charge in [0.1, 0.15) is 5.60 Å². The number of fused-ring (bicyclic) bond motifs is 1. The van der Waals surface area contributed by atoms with Gasteiger partial charge in [0.2, 0.25) is 10.0 Å². The van der Waals surface area contributed by atoms with Crippen molar-refractivity contribution >= 4 is 27.5 Å². The number of benzene rings is 2. The number of ketones is 1. The molecule has 0 saturated carbocycles. The summed E-state index contributed by atoms with van der Waals surface area (Å²) in [7, 11) is -4.36. The Morgan fingerprint density at radius 3 is 2.38 bits per heavy atom. The van der Waals surface area contributed by atoms with Gasteiger partial charge in [-0.15, -0.1) is 0 Å². The molecule has 0 radical (unpaired) electrons. The fourth-order valence-corrected chi connectivity index (χ4v) is 5.84. The monoisotopic (exact) mass is 530 g/mol. The van der Waals surface area contributed by atoms with Crippen molar-refractivity contribution in [3.8, 4) is 0 Å². The Labute approximate surface area is 217 Å². The predicted octanol–water partition coefficient (Wildman–Crippen LogP) is 4.30. The van der Waals surface area contributed by atoms with Crippen LogP contribution in [0.4, 0.5) is 5.69 Å². The Hall–Kier alpha value is -3.11. The molecule has 1 N–H and O–H groups in total. The van der Waals surface area contributed by atoms with Crippen LogP contribution >= 0.6 is 0 Å². The van der Waals surface area contributed by atoms with E-state index in [1.165, 1.54) is 30.2 Å². The number of esters is 1. The number of hydrogen-bond acceptors (Lipinski definition) is 7. The van der Waals surface area contributed by atoms with Crippen LogP contribution in [0.2, 0.25) is 0 Å². The van der Waals surface area contributed by atoms with Crippen molar-refractivity contribution < 1.29 is 27.7 Å². The van der Waals surface area contributed by atoms with Crippen LogP contribution in [0.1, 0.15) is 63.6 Å². The minimum atomic E-state index is -4.36. The molecule has 0 amide bonds. The molecule has 0 unspecified atom stereocenters. The zero-order chi connectivity index (χ0) is 27.4. The second kappa shape index (κ2) is 11.5. The summed E-state index contributed by atoms with van der Waals surface area (Å²) in [5.74, 6) is -1.87. The summed E-state index contributed by atoms with van der Waals surface area (Å²) in [5, 5.41) is 11.3. The van der Waals surface area contributed by atoms with Crippen molar-refractivity contribution in [2.75, 3.05) is 0 Å². The van der Waals surface area contributed by atoms with E-state index in [1.807, 2.05) is 6.07 Å². The number of carbonyl (C=O) groups is 2. The molecule has 3 rings (SSSR count). The number of para-hydroxylation sites is 1. The predicted molar refractivity (Wildman–Crippen MR) is 139 cm³/mol. The van der Waals surface area contributed by atoms with Gasteiger partial charge in [-0.25, -0.2) is 13.1 Å². The van der Waals surface area contributed by atoms with Gasteiger partial charge in [-0.3, -0.25) is 19.7 Å². The minimum Gasteiger partial charge on any atom is -0.460 e. The molecule has 0 aromatic heterocycles. The largest absolute Gasteiger partial charge is 0.460 e. The third-order valence-corrected chi connectivity index (χ3v) is 7.84. The summed E-state index contributed by atoms with van der Waals surface area (Å²) in [6.07, 6.45) is 4.30. The summed E-state index contributed by atoms with van der Waals surface area (Å²) in [5.41, 5.74) is 2.13. The summed E-state index contributed by atoms with van der Waals surface area (Å²) in [6, 6.07) is 9.82. The molecule has 0 saturated heterocycles. The smallest absolute Gasteiger partial charge is 0.310 e. The first-order chi connectivity index (χ1) is 17.3. The average molecular weight is 531 g/mol. The lowest BCUT2D eigenvalue weighted by molar-refractivity contribution is -0.387. The Kier molecular flexibility index (Phi) is 8.86. The number of hydrogen-bond donors (Lipinski definition) is 1. The van der Waals surface area contributed by atoms with E-state index in [4.69, 9.17) is 4.74 Å². The van der Waals surface area contributed by atoms with E-state index < -0.39 is 54.8 Å². The second-order valence-corrected chi connectivity index (χ2v) is 12.2. The van der Waals surface area contributed by atoms with Crippen LogP contribution in [0.15, 0.2) is 47.4 Å². The number of nitro groups is 1. The van der Waals surface area contributed by atoms with Gasteiger partial charge in [-0.05, 0) is 82.6 Å². The number of carbonyl (C=O) groups excluding carboxylic acids is 2.